The van der Waals surface area contributed by atoms with Crippen molar-refractivity contribution >= 4 is 11.7 Å². The van der Waals surface area contributed by atoms with Crippen LogP contribution in [0.2, 0.25) is 0 Å². The van der Waals surface area contributed by atoms with Gasteiger partial charge in [-0.1, -0.05) is 60.7 Å². The van der Waals surface area contributed by atoms with E-state index >= 15 is 0 Å². The fourth-order valence-corrected chi connectivity index (χ4v) is 4.28. The number of phenolic OH excluding ortho intramolecular Hbond substituents is 1. The summed E-state index contributed by atoms with van der Waals surface area (Å²) in [5.41, 5.74) is 6.77. The standard InChI is InChI=1S/C28H25N3O2/c32-22-13-14-23-21(18-22)12-15-24-27(23)29-25(17-20-9-5-2-6-10-20)28(30-24)31-26(33)16-11-19-7-3-1-4-8-19/h1-10,13-14,18,32H,11-12,15-17H2,(H,30,31,33). The van der Waals surface area contributed by atoms with Gasteiger partial charge in [-0.25, -0.2) is 9.97 Å². The minimum Gasteiger partial charge on any atom is -0.508 e. The molecule has 3 aromatic carbocycles. The number of aromatic nitrogens is 2. The molecule has 0 radical (unpaired) electrons. The van der Waals surface area contributed by atoms with E-state index < -0.39 is 0 Å². The molecule has 164 valence electrons. The number of carbonyl (C=O) groups is 1. The van der Waals surface area contributed by atoms with Gasteiger partial charge in [-0.05, 0) is 54.2 Å². The van der Waals surface area contributed by atoms with Crippen molar-refractivity contribution in [2.75, 3.05) is 5.32 Å². The maximum atomic E-state index is 12.8. The Hall–Kier alpha value is -3.99. The molecule has 1 aromatic heterocycles. The molecule has 1 aliphatic carbocycles. The van der Waals surface area contributed by atoms with E-state index in [4.69, 9.17) is 9.97 Å². The fraction of sp³-hybridized carbons (Fsp3) is 0.179. The molecule has 1 aliphatic rings. The van der Waals surface area contributed by atoms with Crippen LogP contribution in [-0.4, -0.2) is 21.0 Å². The number of rotatable bonds is 6. The van der Waals surface area contributed by atoms with Crippen molar-refractivity contribution in [1.29, 1.82) is 0 Å². The van der Waals surface area contributed by atoms with Gasteiger partial charge in [0, 0.05) is 18.4 Å². The maximum Gasteiger partial charge on any atom is 0.225 e. The van der Waals surface area contributed by atoms with Gasteiger partial charge in [-0.15, -0.1) is 0 Å². The molecule has 1 heterocycles. The number of hydrogen-bond acceptors (Lipinski definition) is 4. The second kappa shape index (κ2) is 9.25. The highest BCUT2D eigenvalue weighted by molar-refractivity contribution is 5.90. The number of phenols is 1. The largest absolute Gasteiger partial charge is 0.508 e. The molecular formula is C28H25N3O2. The number of hydrogen-bond donors (Lipinski definition) is 2. The van der Waals surface area contributed by atoms with Crippen LogP contribution in [0.15, 0.2) is 78.9 Å². The second-order valence-corrected chi connectivity index (χ2v) is 8.35. The van der Waals surface area contributed by atoms with Gasteiger partial charge >= 0.3 is 0 Å². The van der Waals surface area contributed by atoms with Crippen LogP contribution in [0.3, 0.4) is 0 Å². The van der Waals surface area contributed by atoms with Gasteiger partial charge < -0.3 is 10.4 Å². The van der Waals surface area contributed by atoms with Crippen LogP contribution < -0.4 is 5.32 Å². The van der Waals surface area contributed by atoms with Crippen LogP contribution in [0, 0.1) is 0 Å². The lowest BCUT2D eigenvalue weighted by Crippen LogP contribution is -2.19. The molecule has 5 nitrogen and oxygen atoms in total. The lowest BCUT2D eigenvalue weighted by molar-refractivity contribution is -0.116. The lowest BCUT2D eigenvalue weighted by atomic mass is 9.91. The van der Waals surface area contributed by atoms with Gasteiger partial charge in [0.25, 0.3) is 0 Å². The first-order chi connectivity index (χ1) is 16.2. The number of amides is 1. The van der Waals surface area contributed by atoms with E-state index in [-0.39, 0.29) is 11.7 Å². The van der Waals surface area contributed by atoms with E-state index in [9.17, 15) is 9.90 Å². The summed E-state index contributed by atoms with van der Waals surface area (Å²) in [5, 5.41) is 12.9. The van der Waals surface area contributed by atoms with E-state index in [1.807, 2.05) is 66.7 Å². The predicted octanol–water partition coefficient (Wildman–Crippen LogP) is 5.11. The fourth-order valence-electron chi connectivity index (χ4n) is 4.28. The number of aromatic hydroxyl groups is 1. The highest BCUT2D eigenvalue weighted by Gasteiger charge is 2.23. The van der Waals surface area contributed by atoms with E-state index in [1.54, 1.807) is 12.1 Å². The normalized spacial score (nSPS) is 12.0. The summed E-state index contributed by atoms with van der Waals surface area (Å²) in [4.78, 5) is 22.6. The minimum absolute atomic E-state index is 0.0662. The van der Waals surface area contributed by atoms with Crippen LogP contribution in [0.1, 0.15) is 34.5 Å². The molecule has 1 amide bonds. The summed E-state index contributed by atoms with van der Waals surface area (Å²) < 4.78 is 0. The molecule has 2 N–H and O–H groups in total. The summed E-state index contributed by atoms with van der Waals surface area (Å²) in [6.07, 6.45) is 3.14. The third-order valence-electron chi connectivity index (χ3n) is 5.97. The smallest absolute Gasteiger partial charge is 0.225 e. The van der Waals surface area contributed by atoms with Crippen LogP contribution in [0.25, 0.3) is 11.3 Å². The van der Waals surface area contributed by atoms with Gasteiger partial charge in [0.1, 0.15) is 5.75 Å². The number of fused-ring (bicyclic) bond motifs is 3. The molecular weight excluding hydrogens is 410 g/mol. The third kappa shape index (κ3) is 4.77. The summed E-state index contributed by atoms with van der Waals surface area (Å²) in [5.74, 6) is 0.735. The minimum atomic E-state index is -0.0662. The zero-order valence-electron chi connectivity index (χ0n) is 18.3. The summed E-state index contributed by atoms with van der Waals surface area (Å²) in [7, 11) is 0. The predicted molar refractivity (Wildman–Crippen MR) is 129 cm³/mol. The lowest BCUT2D eigenvalue weighted by Gasteiger charge is -2.21. The van der Waals surface area contributed by atoms with Crippen LogP contribution >= 0.6 is 0 Å². The van der Waals surface area contributed by atoms with E-state index in [0.717, 1.165) is 52.2 Å². The molecule has 0 fully saturated rings. The average Bonchev–Trinajstić information content (AvgIpc) is 2.84. The van der Waals surface area contributed by atoms with E-state index in [0.29, 0.717) is 25.1 Å². The Labute approximate surface area is 193 Å². The van der Waals surface area contributed by atoms with Gasteiger partial charge in [0.15, 0.2) is 5.82 Å². The van der Waals surface area contributed by atoms with Crippen molar-refractivity contribution < 1.29 is 9.90 Å². The number of carbonyl (C=O) groups excluding carboxylic acids is 1. The van der Waals surface area contributed by atoms with Crippen molar-refractivity contribution in [3.8, 4) is 17.0 Å². The number of anilines is 1. The van der Waals surface area contributed by atoms with E-state index in [1.165, 1.54) is 0 Å². The highest BCUT2D eigenvalue weighted by atomic mass is 16.3. The van der Waals surface area contributed by atoms with Crippen molar-refractivity contribution in [3.63, 3.8) is 0 Å². The highest BCUT2D eigenvalue weighted by Crippen LogP contribution is 2.35. The molecule has 33 heavy (non-hydrogen) atoms. The molecule has 0 unspecified atom stereocenters. The monoisotopic (exact) mass is 435 g/mol. The van der Waals surface area contributed by atoms with Crippen molar-refractivity contribution in [3.05, 3.63) is 107 Å². The number of nitrogens with zero attached hydrogens (tertiary/aromatic N) is 2. The van der Waals surface area contributed by atoms with Crippen molar-refractivity contribution in [2.45, 2.75) is 32.1 Å². The molecule has 0 atom stereocenters. The Bertz CT molecular complexity index is 1290. The summed E-state index contributed by atoms with van der Waals surface area (Å²) >= 11 is 0. The Morgan fingerprint density at radius 2 is 1.61 bits per heavy atom. The second-order valence-electron chi connectivity index (χ2n) is 8.35. The average molecular weight is 436 g/mol. The van der Waals surface area contributed by atoms with Crippen molar-refractivity contribution in [1.82, 2.24) is 9.97 Å². The Kier molecular flexibility index (Phi) is 5.85. The number of benzene rings is 3. The first kappa shape index (κ1) is 20.9. The maximum absolute atomic E-state index is 12.8. The van der Waals surface area contributed by atoms with Crippen molar-refractivity contribution in [2.24, 2.45) is 0 Å². The van der Waals surface area contributed by atoms with Gasteiger partial charge in [-0.3, -0.25) is 4.79 Å². The quantitative estimate of drug-likeness (QED) is 0.441. The molecule has 4 aromatic rings. The third-order valence-corrected chi connectivity index (χ3v) is 5.97. The van der Waals surface area contributed by atoms with Gasteiger partial charge in [0.2, 0.25) is 5.91 Å². The van der Waals surface area contributed by atoms with Crippen LogP contribution in [0.5, 0.6) is 5.75 Å². The first-order valence-electron chi connectivity index (χ1n) is 11.3. The van der Waals surface area contributed by atoms with Crippen LogP contribution in [-0.2, 0) is 30.5 Å². The number of aryl methyl sites for hydroxylation is 3. The summed E-state index contributed by atoms with van der Waals surface area (Å²) in [6, 6.07) is 25.5. The topological polar surface area (TPSA) is 75.1 Å². The molecule has 5 heteroatoms. The van der Waals surface area contributed by atoms with E-state index in [2.05, 4.69) is 5.32 Å². The van der Waals surface area contributed by atoms with Crippen LogP contribution in [0.4, 0.5) is 5.82 Å². The Morgan fingerprint density at radius 3 is 2.36 bits per heavy atom. The molecule has 5 rings (SSSR count). The molecule has 0 aliphatic heterocycles. The number of nitrogens with one attached hydrogen (secondary N) is 1. The van der Waals surface area contributed by atoms with Gasteiger partial charge in [-0.2, -0.15) is 0 Å². The SMILES string of the molecule is O=C(CCc1ccccc1)Nc1nc2c(nc1Cc1ccccc1)-c1ccc(O)cc1CC2. The Balaban J connectivity index is 1.46. The summed E-state index contributed by atoms with van der Waals surface area (Å²) in [6.45, 7) is 0. The zero-order chi connectivity index (χ0) is 22.6. The first-order valence-corrected chi connectivity index (χ1v) is 11.3. The molecule has 0 saturated carbocycles. The Morgan fingerprint density at radius 1 is 0.879 bits per heavy atom. The zero-order valence-corrected chi connectivity index (χ0v) is 18.3. The molecule has 0 spiro atoms. The van der Waals surface area contributed by atoms with Gasteiger partial charge in [0.05, 0.1) is 17.1 Å². The molecule has 0 saturated heterocycles. The molecule has 0 bridgehead atoms.